The quantitative estimate of drug-likeness (QED) is 0.824. The Bertz CT molecular complexity index is 511. The fraction of sp³-hybridized carbons (Fsp3) is 0.533. The van der Waals surface area contributed by atoms with E-state index in [4.69, 9.17) is 0 Å². The molecule has 1 heterocycles. The van der Waals surface area contributed by atoms with E-state index in [1.165, 1.54) is 0 Å². The molecule has 1 amide bonds. The highest BCUT2D eigenvalue weighted by atomic mass is 79.9. The maximum absolute atomic E-state index is 14.2. The summed E-state index contributed by atoms with van der Waals surface area (Å²) in [6.07, 6.45) is 0. The van der Waals surface area contributed by atoms with Crippen molar-refractivity contribution in [3.63, 3.8) is 0 Å². The van der Waals surface area contributed by atoms with Crippen molar-refractivity contribution in [2.45, 2.75) is 26.8 Å². The van der Waals surface area contributed by atoms with Crippen molar-refractivity contribution < 1.29 is 9.18 Å². The minimum absolute atomic E-state index is 0.170. The average molecular weight is 343 g/mol. The monoisotopic (exact) mass is 342 g/mol. The first kappa shape index (κ1) is 15.4. The van der Waals surface area contributed by atoms with Crippen molar-refractivity contribution in [2.75, 3.05) is 26.2 Å². The molecular formula is C15H20BrFN2O. The van der Waals surface area contributed by atoms with Crippen molar-refractivity contribution in [3.8, 4) is 0 Å². The largest absolute Gasteiger partial charge is 0.336 e. The van der Waals surface area contributed by atoms with Crippen LogP contribution in [0.4, 0.5) is 4.39 Å². The molecule has 1 fully saturated rings. The van der Waals surface area contributed by atoms with Gasteiger partial charge in [0.2, 0.25) is 0 Å². The van der Waals surface area contributed by atoms with Crippen LogP contribution in [0.2, 0.25) is 0 Å². The predicted octanol–water partition coefficient (Wildman–Crippen LogP) is 3.06. The fourth-order valence-electron chi connectivity index (χ4n) is 2.44. The number of nitrogens with zero attached hydrogens (tertiary/aromatic N) is 2. The lowest BCUT2D eigenvalue weighted by Gasteiger charge is -2.37. The number of piperazine rings is 1. The SMILES string of the molecule is Cc1c(Br)ccc(C(=O)N2CCN(C(C)C)CC2)c1F. The highest BCUT2D eigenvalue weighted by molar-refractivity contribution is 9.10. The lowest BCUT2D eigenvalue weighted by atomic mass is 10.1. The number of amides is 1. The van der Waals surface area contributed by atoms with Crippen molar-refractivity contribution in [1.82, 2.24) is 9.80 Å². The molecule has 1 aromatic carbocycles. The molecule has 1 aromatic rings. The third-order valence-electron chi connectivity index (χ3n) is 3.88. The molecule has 0 aromatic heterocycles. The molecule has 20 heavy (non-hydrogen) atoms. The summed E-state index contributed by atoms with van der Waals surface area (Å²) in [5, 5.41) is 0. The van der Waals surface area contributed by atoms with Gasteiger partial charge in [-0.1, -0.05) is 15.9 Å². The number of benzene rings is 1. The van der Waals surface area contributed by atoms with Crippen LogP contribution in [-0.4, -0.2) is 47.9 Å². The van der Waals surface area contributed by atoms with Gasteiger partial charge in [-0.15, -0.1) is 0 Å². The van der Waals surface area contributed by atoms with Crippen LogP contribution in [0.1, 0.15) is 29.8 Å². The lowest BCUT2D eigenvalue weighted by molar-refractivity contribution is 0.0591. The summed E-state index contributed by atoms with van der Waals surface area (Å²) in [5.41, 5.74) is 0.653. The molecule has 0 bridgehead atoms. The van der Waals surface area contributed by atoms with Crippen LogP contribution in [0.5, 0.6) is 0 Å². The third kappa shape index (κ3) is 3.04. The van der Waals surface area contributed by atoms with Gasteiger partial charge in [-0.2, -0.15) is 0 Å². The zero-order chi connectivity index (χ0) is 14.9. The summed E-state index contributed by atoms with van der Waals surface area (Å²) in [7, 11) is 0. The maximum atomic E-state index is 14.2. The van der Waals surface area contributed by atoms with Crippen LogP contribution in [-0.2, 0) is 0 Å². The van der Waals surface area contributed by atoms with Crippen LogP contribution in [0.3, 0.4) is 0 Å². The molecule has 0 saturated carbocycles. The normalized spacial score (nSPS) is 16.8. The minimum Gasteiger partial charge on any atom is -0.336 e. The van der Waals surface area contributed by atoms with Crippen LogP contribution in [0.15, 0.2) is 16.6 Å². The lowest BCUT2D eigenvalue weighted by Crippen LogP contribution is -2.50. The molecule has 0 atom stereocenters. The molecule has 0 unspecified atom stereocenters. The molecule has 0 N–H and O–H groups in total. The first-order valence-electron chi connectivity index (χ1n) is 6.89. The average Bonchev–Trinajstić information content (AvgIpc) is 2.44. The molecule has 5 heteroatoms. The predicted molar refractivity (Wildman–Crippen MR) is 81.4 cm³/mol. The second-order valence-electron chi connectivity index (χ2n) is 5.46. The number of carbonyl (C=O) groups excluding carboxylic acids is 1. The molecule has 0 aliphatic carbocycles. The van der Waals surface area contributed by atoms with E-state index in [1.54, 1.807) is 24.0 Å². The van der Waals surface area contributed by atoms with Gasteiger partial charge in [0.1, 0.15) is 5.82 Å². The molecule has 110 valence electrons. The molecule has 0 spiro atoms. The number of carbonyl (C=O) groups is 1. The standard InChI is InChI=1S/C15H20BrFN2O/c1-10(2)18-6-8-19(9-7-18)15(20)12-4-5-13(16)11(3)14(12)17/h4-5,10H,6-9H2,1-3H3. The number of hydrogen-bond donors (Lipinski definition) is 0. The van der Waals surface area contributed by atoms with Gasteiger partial charge in [-0.3, -0.25) is 9.69 Å². The van der Waals surface area contributed by atoms with E-state index in [9.17, 15) is 9.18 Å². The molecule has 1 aliphatic heterocycles. The van der Waals surface area contributed by atoms with Crippen LogP contribution < -0.4 is 0 Å². The molecule has 1 aliphatic rings. The summed E-state index contributed by atoms with van der Waals surface area (Å²) in [6, 6.07) is 3.78. The Balaban J connectivity index is 2.12. The second kappa shape index (κ2) is 6.22. The first-order chi connectivity index (χ1) is 9.41. The number of halogens is 2. The van der Waals surface area contributed by atoms with Gasteiger partial charge in [0.25, 0.3) is 5.91 Å². The summed E-state index contributed by atoms with van der Waals surface area (Å²) >= 11 is 3.28. The van der Waals surface area contributed by atoms with E-state index in [0.717, 1.165) is 13.1 Å². The summed E-state index contributed by atoms with van der Waals surface area (Å²) in [5.74, 6) is -0.628. The molecule has 0 radical (unpaired) electrons. The zero-order valence-electron chi connectivity index (χ0n) is 12.1. The Kier molecular flexibility index (Phi) is 4.81. The third-order valence-corrected chi connectivity index (χ3v) is 4.74. The highest BCUT2D eigenvalue weighted by Crippen LogP contribution is 2.23. The van der Waals surface area contributed by atoms with Crippen molar-refractivity contribution in [3.05, 3.63) is 33.5 Å². The first-order valence-corrected chi connectivity index (χ1v) is 7.69. The smallest absolute Gasteiger partial charge is 0.256 e. The van der Waals surface area contributed by atoms with Gasteiger partial charge in [0, 0.05) is 36.7 Å². The van der Waals surface area contributed by atoms with Crippen LogP contribution in [0.25, 0.3) is 0 Å². The van der Waals surface area contributed by atoms with E-state index < -0.39 is 5.82 Å². The Hall–Kier alpha value is -0.940. The topological polar surface area (TPSA) is 23.6 Å². The Labute approximate surface area is 127 Å². The van der Waals surface area contributed by atoms with E-state index >= 15 is 0 Å². The number of rotatable bonds is 2. The summed E-state index contributed by atoms with van der Waals surface area (Å²) in [4.78, 5) is 16.5. The Morgan fingerprint density at radius 3 is 2.40 bits per heavy atom. The maximum Gasteiger partial charge on any atom is 0.256 e. The zero-order valence-corrected chi connectivity index (χ0v) is 13.7. The highest BCUT2D eigenvalue weighted by Gasteiger charge is 2.25. The fourth-order valence-corrected chi connectivity index (χ4v) is 2.74. The van der Waals surface area contributed by atoms with Gasteiger partial charge in [-0.05, 0) is 38.5 Å². The van der Waals surface area contributed by atoms with Crippen molar-refractivity contribution in [1.29, 1.82) is 0 Å². The minimum atomic E-state index is -0.421. The van der Waals surface area contributed by atoms with Gasteiger partial charge in [-0.25, -0.2) is 4.39 Å². The second-order valence-corrected chi connectivity index (χ2v) is 6.31. The summed E-state index contributed by atoms with van der Waals surface area (Å²) in [6.45, 7) is 8.98. The van der Waals surface area contributed by atoms with Crippen LogP contribution >= 0.6 is 15.9 Å². The van der Waals surface area contributed by atoms with E-state index in [2.05, 4.69) is 34.7 Å². The van der Waals surface area contributed by atoms with Crippen molar-refractivity contribution >= 4 is 21.8 Å². The number of hydrogen-bond acceptors (Lipinski definition) is 2. The van der Waals surface area contributed by atoms with Gasteiger partial charge in [0.15, 0.2) is 0 Å². The Morgan fingerprint density at radius 2 is 1.85 bits per heavy atom. The van der Waals surface area contributed by atoms with E-state index in [0.29, 0.717) is 29.2 Å². The van der Waals surface area contributed by atoms with Crippen molar-refractivity contribution in [2.24, 2.45) is 0 Å². The van der Waals surface area contributed by atoms with Gasteiger partial charge >= 0.3 is 0 Å². The molecule has 3 nitrogen and oxygen atoms in total. The molecular weight excluding hydrogens is 323 g/mol. The molecule has 2 rings (SSSR count). The van der Waals surface area contributed by atoms with Gasteiger partial charge < -0.3 is 4.90 Å². The molecule has 1 saturated heterocycles. The van der Waals surface area contributed by atoms with Gasteiger partial charge in [0.05, 0.1) is 5.56 Å². The van der Waals surface area contributed by atoms with E-state index in [1.807, 2.05) is 0 Å². The van der Waals surface area contributed by atoms with E-state index in [-0.39, 0.29) is 11.5 Å². The van der Waals surface area contributed by atoms with Crippen LogP contribution in [0, 0.1) is 12.7 Å². The summed E-state index contributed by atoms with van der Waals surface area (Å²) < 4.78 is 14.9. The Morgan fingerprint density at radius 1 is 1.25 bits per heavy atom.